The number of esters is 1. The van der Waals surface area contributed by atoms with Gasteiger partial charge in [-0.05, 0) is 30.2 Å². The molecule has 0 radical (unpaired) electrons. The van der Waals surface area contributed by atoms with E-state index in [4.69, 9.17) is 24.1 Å². The maximum atomic E-state index is 12.6. The topological polar surface area (TPSA) is 91.3 Å². The third kappa shape index (κ3) is 8.16. The minimum absolute atomic E-state index is 0.234. The van der Waals surface area contributed by atoms with Crippen LogP contribution in [-0.4, -0.2) is 46.9 Å². The molecule has 8 heteroatoms. The zero-order valence-corrected chi connectivity index (χ0v) is 22.0. The van der Waals surface area contributed by atoms with Gasteiger partial charge in [0.25, 0.3) is 0 Å². The molecule has 1 saturated heterocycles. The highest BCUT2D eigenvalue weighted by Gasteiger charge is 2.48. The van der Waals surface area contributed by atoms with Crippen molar-refractivity contribution in [2.24, 2.45) is 0 Å². The van der Waals surface area contributed by atoms with Gasteiger partial charge in [0.2, 0.25) is 0 Å². The molecule has 0 amide bonds. The maximum absolute atomic E-state index is 12.6. The zero-order chi connectivity index (χ0) is 26.7. The SMILES string of the molecule is CC1O[C@H](Sc2ccccc2)C(OCc2ccccc2)[C@@H](OCc2ccccc2)[C@@H]1OC(=O)CCC(=O)O. The Kier molecular flexibility index (Phi) is 10.3. The van der Waals surface area contributed by atoms with Crippen LogP contribution in [0.2, 0.25) is 0 Å². The molecule has 1 aliphatic rings. The summed E-state index contributed by atoms with van der Waals surface area (Å²) in [7, 11) is 0. The van der Waals surface area contributed by atoms with Crippen LogP contribution in [0.1, 0.15) is 30.9 Å². The van der Waals surface area contributed by atoms with Crippen LogP contribution >= 0.6 is 11.8 Å². The standard InChI is InChI=1S/C30H32O7S/c1-21-27(37-26(33)18-17-25(31)32)28(34-19-22-11-5-2-6-12-22)29(35-20-23-13-7-3-8-14-23)30(36-21)38-24-15-9-4-10-16-24/h2-16,21,27-30H,17-20H2,1H3,(H,31,32)/t21?,27-,28+,29?,30-/m1/s1. The highest BCUT2D eigenvalue weighted by atomic mass is 32.2. The Labute approximate surface area is 227 Å². The van der Waals surface area contributed by atoms with E-state index in [1.54, 1.807) is 0 Å². The van der Waals surface area contributed by atoms with Crippen LogP contribution in [0.15, 0.2) is 95.9 Å². The van der Waals surface area contributed by atoms with Gasteiger partial charge in [-0.2, -0.15) is 0 Å². The molecule has 0 bridgehead atoms. The number of hydrogen-bond acceptors (Lipinski definition) is 7. The second-order valence-corrected chi connectivity index (χ2v) is 10.2. The second kappa shape index (κ2) is 14.1. The first kappa shape index (κ1) is 27.9. The van der Waals surface area contributed by atoms with Crippen LogP contribution in [0.5, 0.6) is 0 Å². The number of benzene rings is 3. The van der Waals surface area contributed by atoms with Gasteiger partial charge in [-0.15, -0.1) is 0 Å². The molecular weight excluding hydrogens is 504 g/mol. The van der Waals surface area contributed by atoms with Crippen molar-refractivity contribution in [1.82, 2.24) is 0 Å². The first-order chi connectivity index (χ1) is 18.5. The number of carbonyl (C=O) groups is 2. The molecule has 200 valence electrons. The van der Waals surface area contributed by atoms with Crippen LogP contribution in [0.4, 0.5) is 0 Å². The lowest BCUT2D eigenvalue weighted by atomic mass is 9.99. The van der Waals surface area contributed by atoms with Crippen molar-refractivity contribution in [2.75, 3.05) is 0 Å². The van der Waals surface area contributed by atoms with Gasteiger partial charge in [0.05, 0.1) is 32.2 Å². The Hall–Kier alpha value is -3.17. The van der Waals surface area contributed by atoms with E-state index in [1.807, 2.05) is 97.9 Å². The number of rotatable bonds is 12. The van der Waals surface area contributed by atoms with Gasteiger partial charge < -0.3 is 24.1 Å². The van der Waals surface area contributed by atoms with Crippen molar-refractivity contribution < 1.29 is 33.6 Å². The Morgan fingerprint density at radius 2 is 1.29 bits per heavy atom. The lowest BCUT2D eigenvalue weighted by Crippen LogP contribution is -2.59. The molecule has 0 spiro atoms. The molecule has 3 aromatic carbocycles. The van der Waals surface area contributed by atoms with E-state index in [9.17, 15) is 9.59 Å². The number of thioether (sulfide) groups is 1. The van der Waals surface area contributed by atoms with Crippen LogP contribution < -0.4 is 0 Å². The largest absolute Gasteiger partial charge is 0.481 e. The van der Waals surface area contributed by atoms with Gasteiger partial charge in [0.15, 0.2) is 6.10 Å². The molecular formula is C30H32O7S. The zero-order valence-electron chi connectivity index (χ0n) is 21.2. The van der Waals surface area contributed by atoms with Crippen LogP contribution in [-0.2, 0) is 41.8 Å². The van der Waals surface area contributed by atoms with Crippen molar-refractivity contribution in [1.29, 1.82) is 0 Å². The summed E-state index contributed by atoms with van der Waals surface area (Å²) < 4.78 is 25.1. The third-order valence-corrected chi connectivity index (χ3v) is 7.26. The van der Waals surface area contributed by atoms with E-state index in [1.165, 1.54) is 11.8 Å². The molecule has 7 nitrogen and oxygen atoms in total. The van der Waals surface area contributed by atoms with E-state index < -0.39 is 41.8 Å². The minimum Gasteiger partial charge on any atom is -0.481 e. The molecule has 1 aliphatic heterocycles. The average Bonchev–Trinajstić information content (AvgIpc) is 2.93. The van der Waals surface area contributed by atoms with Gasteiger partial charge in [-0.3, -0.25) is 9.59 Å². The normalized spacial score (nSPS) is 23.0. The molecule has 1 N–H and O–H groups in total. The Bertz CT molecular complexity index is 1140. The second-order valence-electron chi connectivity index (χ2n) is 9.01. The average molecular weight is 537 g/mol. The number of carboxylic acid groups (broad SMARTS) is 1. The first-order valence-electron chi connectivity index (χ1n) is 12.6. The van der Waals surface area contributed by atoms with Crippen LogP contribution in [0, 0.1) is 0 Å². The molecule has 0 aliphatic carbocycles. The summed E-state index contributed by atoms with van der Waals surface area (Å²) in [6.45, 7) is 2.44. The number of hydrogen-bond donors (Lipinski definition) is 1. The van der Waals surface area contributed by atoms with E-state index in [-0.39, 0.29) is 19.4 Å². The Morgan fingerprint density at radius 3 is 1.84 bits per heavy atom. The molecule has 1 fully saturated rings. The highest BCUT2D eigenvalue weighted by Crippen LogP contribution is 2.37. The van der Waals surface area contributed by atoms with Crippen LogP contribution in [0.3, 0.4) is 0 Å². The summed E-state index contributed by atoms with van der Waals surface area (Å²) in [4.78, 5) is 24.6. The summed E-state index contributed by atoms with van der Waals surface area (Å²) in [5.41, 5.74) is 1.52. The van der Waals surface area contributed by atoms with Crippen molar-refractivity contribution >= 4 is 23.7 Å². The molecule has 2 unspecified atom stereocenters. The molecule has 3 aromatic rings. The molecule has 38 heavy (non-hydrogen) atoms. The molecule has 0 saturated carbocycles. The maximum Gasteiger partial charge on any atom is 0.306 e. The van der Waals surface area contributed by atoms with Gasteiger partial charge in [-0.1, -0.05) is 90.6 Å². The predicted molar refractivity (Wildman–Crippen MR) is 143 cm³/mol. The smallest absolute Gasteiger partial charge is 0.306 e. The Balaban J connectivity index is 1.60. The van der Waals surface area contributed by atoms with Crippen molar-refractivity contribution in [2.45, 2.75) is 67.7 Å². The monoisotopic (exact) mass is 536 g/mol. The van der Waals surface area contributed by atoms with Gasteiger partial charge in [-0.25, -0.2) is 0 Å². The van der Waals surface area contributed by atoms with E-state index in [0.717, 1.165) is 16.0 Å². The summed E-state index contributed by atoms with van der Waals surface area (Å²) >= 11 is 1.53. The third-order valence-electron chi connectivity index (χ3n) is 6.10. The van der Waals surface area contributed by atoms with Crippen molar-refractivity contribution in [3.05, 3.63) is 102 Å². The molecule has 5 atom stereocenters. The Morgan fingerprint density at radius 1 is 0.763 bits per heavy atom. The number of ether oxygens (including phenoxy) is 4. The van der Waals surface area contributed by atoms with Crippen molar-refractivity contribution in [3.63, 3.8) is 0 Å². The fourth-order valence-corrected chi connectivity index (χ4v) is 5.36. The molecule has 4 rings (SSSR count). The van der Waals surface area contributed by atoms with E-state index in [0.29, 0.717) is 6.61 Å². The van der Waals surface area contributed by atoms with E-state index >= 15 is 0 Å². The fourth-order valence-electron chi connectivity index (χ4n) is 4.18. The van der Waals surface area contributed by atoms with Gasteiger partial charge in [0, 0.05) is 4.90 Å². The first-order valence-corrected chi connectivity index (χ1v) is 13.5. The predicted octanol–water partition coefficient (Wildman–Crippen LogP) is 5.47. The number of carboxylic acids is 1. The molecule has 1 heterocycles. The lowest BCUT2D eigenvalue weighted by Gasteiger charge is -2.44. The van der Waals surface area contributed by atoms with E-state index in [2.05, 4.69) is 0 Å². The highest BCUT2D eigenvalue weighted by molar-refractivity contribution is 7.99. The number of carbonyl (C=O) groups excluding carboxylic acids is 1. The van der Waals surface area contributed by atoms with Crippen LogP contribution in [0.25, 0.3) is 0 Å². The summed E-state index contributed by atoms with van der Waals surface area (Å²) in [6, 6.07) is 29.4. The summed E-state index contributed by atoms with van der Waals surface area (Å²) in [5, 5.41) is 9.00. The summed E-state index contributed by atoms with van der Waals surface area (Å²) in [6.07, 6.45) is -3.08. The summed E-state index contributed by atoms with van der Waals surface area (Å²) in [5.74, 6) is -1.67. The molecule has 0 aromatic heterocycles. The van der Waals surface area contributed by atoms with Gasteiger partial charge in [0.1, 0.15) is 17.6 Å². The number of aliphatic carboxylic acids is 1. The quantitative estimate of drug-likeness (QED) is 0.305. The minimum atomic E-state index is -1.06. The van der Waals surface area contributed by atoms with Gasteiger partial charge >= 0.3 is 11.9 Å². The van der Waals surface area contributed by atoms with Crippen molar-refractivity contribution in [3.8, 4) is 0 Å². The lowest BCUT2D eigenvalue weighted by molar-refractivity contribution is -0.238. The fraction of sp³-hybridized carbons (Fsp3) is 0.333.